The average molecular weight is 307 g/mol. The van der Waals surface area contributed by atoms with Crippen LogP contribution < -0.4 is 5.32 Å². The van der Waals surface area contributed by atoms with Crippen LogP contribution in [-0.4, -0.2) is 28.0 Å². The van der Waals surface area contributed by atoms with Gasteiger partial charge in [0, 0.05) is 5.39 Å². The number of rotatable bonds is 4. The third kappa shape index (κ3) is 3.31. The first-order chi connectivity index (χ1) is 9.90. The highest BCUT2D eigenvalue weighted by Crippen LogP contribution is 2.22. The van der Waals surface area contributed by atoms with Crippen LogP contribution in [0.3, 0.4) is 0 Å². The third-order valence-corrected chi connectivity index (χ3v) is 3.43. The van der Waals surface area contributed by atoms with E-state index in [2.05, 4.69) is 10.3 Å². The zero-order valence-corrected chi connectivity index (χ0v) is 12.4. The van der Waals surface area contributed by atoms with Crippen molar-refractivity contribution >= 4 is 34.2 Å². The zero-order valence-electron chi connectivity index (χ0n) is 11.6. The lowest BCUT2D eigenvalue weighted by Crippen LogP contribution is -2.44. The first-order valence-electron chi connectivity index (χ1n) is 6.49. The number of hydrogen-bond donors (Lipinski definition) is 2. The molecule has 0 bridgehead atoms. The molecule has 0 saturated heterocycles. The number of aromatic nitrogens is 1. The fourth-order valence-corrected chi connectivity index (χ4v) is 2.26. The molecule has 0 spiro atoms. The van der Waals surface area contributed by atoms with E-state index < -0.39 is 17.9 Å². The smallest absolute Gasteiger partial charge is 0.326 e. The van der Waals surface area contributed by atoms with E-state index in [4.69, 9.17) is 16.7 Å². The summed E-state index contributed by atoms with van der Waals surface area (Å²) in [6, 6.07) is 7.90. The maximum Gasteiger partial charge on any atom is 0.326 e. The number of pyridine rings is 1. The number of aliphatic carboxylic acids is 1. The highest BCUT2D eigenvalue weighted by atomic mass is 35.5. The van der Waals surface area contributed by atoms with E-state index in [0.717, 1.165) is 10.8 Å². The Labute approximate surface area is 126 Å². The number of halogens is 1. The molecule has 21 heavy (non-hydrogen) atoms. The molecule has 110 valence electrons. The van der Waals surface area contributed by atoms with Crippen LogP contribution in [0.25, 0.3) is 10.8 Å². The fourth-order valence-electron chi connectivity index (χ4n) is 2.00. The van der Waals surface area contributed by atoms with Crippen LogP contribution in [0.4, 0.5) is 0 Å². The van der Waals surface area contributed by atoms with E-state index in [1.807, 2.05) is 18.2 Å². The summed E-state index contributed by atoms with van der Waals surface area (Å²) in [5.41, 5.74) is 0.102. The van der Waals surface area contributed by atoms with E-state index in [1.54, 1.807) is 26.0 Å². The maximum absolute atomic E-state index is 12.2. The monoisotopic (exact) mass is 306 g/mol. The normalized spacial score (nSPS) is 12.4. The minimum absolute atomic E-state index is 0.102. The molecule has 6 heteroatoms. The van der Waals surface area contributed by atoms with Crippen molar-refractivity contribution in [1.29, 1.82) is 0 Å². The van der Waals surface area contributed by atoms with E-state index in [1.165, 1.54) is 0 Å². The molecule has 2 aromatic rings. The van der Waals surface area contributed by atoms with E-state index >= 15 is 0 Å². The van der Waals surface area contributed by atoms with Gasteiger partial charge in [-0.3, -0.25) is 4.79 Å². The number of fused-ring (bicyclic) bond motifs is 1. The number of benzene rings is 1. The summed E-state index contributed by atoms with van der Waals surface area (Å²) in [5.74, 6) is -1.86. The molecule has 1 aromatic carbocycles. The summed E-state index contributed by atoms with van der Waals surface area (Å²) in [4.78, 5) is 27.3. The fraction of sp³-hybridized carbons (Fsp3) is 0.267. The number of hydrogen-bond acceptors (Lipinski definition) is 3. The number of carboxylic acids is 1. The number of carboxylic acid groups (broad SMARTS) is 1. The molecule has 1 amide bonds. The van der Waals surface area contributed by atoms with Crippen molar-refractivity contribution in [3.8, 4) is 0 Å². The largest absolute Gasteiger partial charge is 0.480 e. The van der Waals surface area contributed by atoms with Gasteiger partial charge >= 0.3 is 5.97 Å². The first-order valence-corrected chi connectivity index (χ1v) is 6.87. The Morgan fingerprint density at radius 1 is 1.29 bits per heavy atom. The second-order valence-electron chi connectivity index (χ2n) is 5.05. The molecular formula is C15H15ClN2O3. The Balaban J connectivity index is 2.33. The first kappa shape index (κ1) is 15.3. The molecule has 1 heterocycles. The predicted octanol–water partition coefficient (Wildman–Crippen LogP) is 2.73. The van der Waals surface area contributed by atoms with Crippen LogP contribution in [0.5, 0.6) is 0 Å². The van der Waals surface area contributed by atoms with Crippen molar-refractivity contribution in [2.75, 3.05) is 0 Å². The third-order valence-electron chi connectivity index (χ3n) is 3.15. The van der Waals surface area contributed by atoms with E-state index in [-0.39, 0.29) is 16.8 Å². The van der Waals surface area contributed by atoms with Crippen molar-refractivity contribution in [3.63, 3.8) is 0 Å². The van der Waals surface area contributed by atoms with Gasteiger partial charge < -0.3 is 10.4 Å². The lowest BCUT2D eigenvalue weighted by Gasteiger charge is -2.17. The SMILES string of the molecule is CC(C)[C@@H](NC(=O)c1cc2ccccc2c(Cl)n1)C(=O)O. The summed E-state index contributed by atoms with van der Waals surface area (Å²) in [6.07, 6.45) is 0. The number of amides is 1. The van der Waals surface area contributed by atoms with Gasteiger partial charge in [-0.05, 0) is 17.4 Å². The van der Waals surface area contributed by atoms with Crippen molar-refractivity contribution in [1.82, 2.24) is 10.3 Å². The number of carbonyl (C=O) groups excluding carboxylic acids is 1. The van der Waals surface area contributed by atoms with Gasteiger partial charge in [0.05, 0.1) is 0 Å². The number of nitrogens with zero attached hydrogens (tertiary/aromatic N) is 1. The van der Waals surface area contributed by atoms with Crippen molar-refractivity contribution in [2.24, 2.45) is 5.92 Å². The van der Waals surface area contributed by atoms with E-state index in [0.29, 0.717) is 0 Å². The van der Waals surface area contributed by atoms with Crippen LogP contribution in [0.1, 0.15) is 24.3 Å². The quantitative estimate of drug-likeness (QED) is 0.851. The number of carbonyl (C=O) groups is 2. The van der Waals surface area contributed by atoms with Crippen LogP contribution >= 0.6 is 11.6 Å². The van der Waals surface area contributed by atoms with Gasteiger partial charge in [0.25, 0.3) is 5.91 Å². The number of nitrogens with one attached hydrogen (secondary N) is 1. The minimum atomic E-state index is -1.08. The van der Waals surface area contributed by atoms with Crippen molar-refractivity contribution in [3.05, 3.63) is 41.2 Å². The average Bonchev–Trinajstić information content (AvgIpc) is 2.43. The minimum Gasteiger partial charge on any atom is -0.480 e. The summed E-state index contributed by atoms with van der Waals surface area (Å²) >= 11 is 6.06. The molecule has 0 unspecified atom stereocenters. The van der Waals surface area contributed by atoms with Crippen LogP contribution in [0, 0.1) is 5.92 Å². The Hall–Kier alpha value is -2.14. The van der Waals surface area contributed by atoms with E-state index in [9.17, 15) is 9.59 Å². The van der Waals surface area contributed by atoms with Crippen molar-refractivity contribution < 1.29 is 14.7 Å². The summed E-state index contributed by atoms with van der Waals surface area (Å²) in [5, 5.41) is 13.3. The van der Waals surface area contributed by atoms with Gasteiger partial charge in [0.1, 0.15) is 16.9 Å². The molecule has 1 aromatic heterocycles. The Bertz CT molecular complexity index is 700. The molecule has 5 nitrogen and oxygen atoms in total. The van der Waals surface area contributed by atoms with Gasteiger partial charge in [-0.15, -0.1) is 0 Å². The standard InChI is InChI=1S/C15H15ClN2O3/c1-8(2)12(15(20)21)18-14(19)11-7-9-5-3-4-6-10(9)13(16)17-11/h3-8,12H,1-2H3,(H,18,19)(H,20,21)/t12-/m1/s1. The Morgan fingerprint density at radius 2 is 1.95 bits per heavy atom. The molecular weight excluding hydrogens is 292 g/mol. The highest BCUT2D eigenvalue weighted by Gasteiger charge is 2.24. The van der Waals surface area contributed by atoms with Gasteiger partial charge in [-0.2, -0.15) is 0 Å². The Morgan fingerprint density at radius 3 is 2.57 bits per heavy atom. The Kier molecular flexibility index (Phi) is 4.43. The summed E-state index contributed by atoms with van der Waals surface area (Å²) in [6.45, 7) is 3.44. The lowest BCUT2D eigenvalue weighted by molar-refractivity contribution is -0.140. The molecule has 1 atom stereocenters. The van der Waals surface area contributed by atoms with Crippen LogP contribution in [0.2, 0.25) is 5.15 Å². The molecule has 0 radical (unpaired) electrons. The molecule has 2 rings (SSSR count). The van der Waals surface area contributed by atoms with Gasteiger partial charge in [0.2, 0.25) is 0 Å². The molecule has 0 fully saturated rings. The second kappa shape index (κ2) is 6.10. The zero-order chi connectivity index (χ0) is 15.6. The lowest BCUT2D eigenvalue weighted by atomic mass is 10.0. The van der Waals surface area contributed by atoms with Gasteiger partial charge in [0.15, 0.2) is 0 Å². The van der Waals surface area contributed by atoms with Gasteiger partial charge in [-0.1, -0.05) is 49.7 Å². The summed E-state index contributed by atoms with van der Waals surface area (Å²) < 4.78 is 0. The van der Waals surface area contributed by atoms with Gasteiger partial charge in [-0.25, -0.2) is 9.78 Å². The topological polar surface area (TPSA) is 79.3 Å². The molecule has 0 aliphatic heterocycles. The predicted molar refractivity (Wildman–Crippen MR) is 80.5 cm³/mol. The van der Waals surface area contributed by atoms with Crippen molar-refractivity contribution in [2.45, 2.75) is 19.9 Å². The van der Waals surface area contributed by atoms with Crippen LogP contribution in [0.15, 0.2) is 30.3 Å². The summed E-state index contributed by atoms with van der Waals surface area (Å²) in [7, 11) is 0. The molecule has 0 aliphatic carbocycles. The maximum atomic E-state index is 12.2. The molecule has 0 aliphatic rings. The highest BCUT2D eigenvalue weighted by molar-refractivity contribution is 6.34. The molecule has 2 N–H and O–H groups in total. The second-order valence-corrected chi connectivity index (χ2v) is 5.41. The molecule has 0 saturated carbocycles. The van der Waals surface area contributed by atoms with Crippen LogP contribution in [-0.2, 0) is 4.79 Å².